The second-order valence-corrected chi connectivity index (χ2v) is 3.61. The first-order valence-corrected chi connectivity index (χ1v) is 4.79. The molecule has 72 valence electrons. The van der Waals surface area contributed by atoms with Crippen LogP contribution >= 0.6 is 0 Å². The highest BCUT2D eigenvalue weighted by Gasteiger charge is 2.20. The molecule has 1 aromatic carbocycles. The molecule has 2 heteroatoms. The molecule has 0 aliphatic carbocycles. The van der Waals surface area contributed by atoms with E-state index in [-0.39, 0.29) is 11.8 Å². The number of hydrogen-bond acceptors (Lipinski definition) is 1. The fourth-order valence-corrected chi connectivity index (χ4v) is 1.64. The Hall–Kier alpha value is -1.57. The van der Waals surface area contributed by atoms with E-state index in [1.807, 2.05) is 37.3 Å². The number of benzene rings is 1. The quantitative estimate of drug-likeness (QED) is 0.716. The molecule has 1 amide bonds. The SMILES string of the molecule is Cc1ccc(C2CC=CNC2=O)cc1. The molecule has 0 saturated carbocycles. The summed E-state index contributed by atoms with van der Waals surface area (Å²) in [6.45, 7) is 2.05. The topological polar surface area (TPSA) is 29.1 Å². The van der Waals surface area contributed by atoms with Crippen LogP contribution in [-0.4, -0.2) is 5.91 Å². The standard InChI is InChI=1S/C12H13NO/c1-9-4-6-10(7-5-9)11-3-2-8-13-12(11)14/h2,4-8,11H,3H2,1H3,(H,13,14). The van der Waals surface area contributed by atoms with E-state index in [0.717, 1.165) is 12.0 Å². The summed E-state index contributed by atoms with van der Waals surface area (Å²) in [7, 11) is 0. The molecule has 1 aliphatic heterocycles. The van der Waals surface area contributed by atoms with Crippen LogP contribution in [0.5, 0.6) is 0 Å². The molecule has 2 nitrogen and oxygen atoms in total. The number of hydrogen-bond donors (Lipinski definition) is 1. The average Bonchev–Trinajstić information content (AvgIpc) is 2.20. The van der Waals surface area contributed by atoms with Crippen molar-refractivity contribution >= 4 is 5.91 Å². The van der Waals surface area contributed by atoms with Gasteiger partial charge < -0.3 is 5.32 Å². The molecule has 0 spiro atoms. The molecular weight excluding hydrogens is 174 g/mol. The third-order valence-electron chi connectivity index (χ3n) is 2.51. The van der Waals surface area contributed by atoms with Crippen molar-refractivity contribution in [2.45, 2.75) is 19.3 Å². The van der Waals surface area contributed by atoms with Crippen molar-refractivity contribution in [1.29, 1.82) is 0 Å². The van der Waals surface area contributed by atoms with Gasteiger partial charge in [-0.2, -0.15) is 0 Å². The first-order chi connectivity index (χ1) is 6.77. The van der Waals surface area contributed by atoms with Crippen LogP contribution in [0.25, 0.3) is 0 Å². The van der Waals surface area contributed by atoms with E-state index in [1.54, 1.807) is 6.20 Å². The van der Waals surface area contributed by atoms with Crippen LogP contribution in [0.1, 0.15) is 23.5 Å². The fourth-order valence-electron chi connectivity index (χ4n) is 1.64. The minimum absolute atomic E-state index is 0.0133. The molecule has 0 fully saturated rings. The van der Waals surface area contributed by atoms with Gasteiger partial charge in [-0.3, -0.25) is 4.79 Å². The molecule has 1 N–H and O–H groups in total. The van der Waals surface area contributed by atoms with Crippen molar-refractivity contribution in [2.75, 3.05) is 0 Å². The Kier molecular flexibility index (Phi) is 2.35. The lowest BCUT2D eigenvalue weighted by molar-refractivity contribution is -0.121. The predicted molar refractivity (Wildman–Crippen MR) is 55.8 cm³/mol. The number of carbonyl (C=O) groups excluding carboxylic acids is 1. The second kappa shape index (κ2) is 3.66. The summed E-state index contributed by atoms with van der Waals surface area (Å²) < 4.78 is 0. The van der Waals surface area contributed by atoms with E-state index >= 15 is 0 Å². The number of amides is 1. The molecule has 0 aromatic heterocycles. The van der Waals surface area contributed by atoms with Gasteiger partial charge in [-0.25, -0.2) is 0 Å². The molecule has 0 bridgehead atoms. The van der Waals surface area contributed by atoms with Crippen molar-refractivity contribution < 1.29 is 4.79 Å². The maximum Gasteiger partial charge on any atom is 0.231 e. The highest BCUT2D eigenvalue weighted by molar-refractivity contribution is 5.85. The molecule has 1 atom stereocenters. The zero-order valence-corrected chi connectivity index (χ0v) is 8.16. The lowest BCUT2D eigenvalue weighted by atomic mass is 9.93. The minimum atomic E-state index is -0.0133. The Morgan fingerprint density at radius 3 is 2.64 bits per heavy atom. The van der Waals surface area contributed by atoms with Crippen molar-refractivity contribution in [2.24, 2.45) is 0 Å². The largest absolute Gasteiger partial charge is 0.332 e. The van der Waals surface area contributed by atoms with E-state index in [9.17, 15) is 4.79 Å². The molecule has 1 aromatic rings. The van der Waals surface area contributed by atoms with Crippen molar-refractivity contribution in [3.05, 3.63) is 47.7 Å². The first-order valence-electron chi connectivity index (χ1n) is 4.79. The summed E-state index contributed by atoms with van der Waals surface area (Å²) in [6.07, 6.45) is 4.51. The van der Waals surface area contributed by atoms with Gasteiger partial charge in [-0.1, -0.05) is 35.9 Å². The normalized spacial score (nSPS) is 20.6. The van der Waals surface area contributed by atoms with Crippen molar-refractivity contribution in [1.82, 2.24) is 5.32 Å². The summed E-state index contributed by atoms with van der Waals surface area (Å²) in [5.41, 5.74) is 2.32. The van der Waals surface area contributed by atoms with Crippen LogP contribution < -0.4 is 5.32 Å². The van der Waals surface area contributed by atoms with E-state index in [1.165, 1.54) is 5.56 Å². The predicted octanol–water partition coefficient (Wildman–Crippen LogP) is 2.11. The van der Waals surface area contributed by atoms with Crippen molar-refractivity contribution in [3.8, 4) is 0 Å². The number of rotatable bonds is 1. The first kappa shape index (κ1) is 9.00. The molecule has 0 radical (unpaired) electrons. The van der Waals surface area contributed by atoms with Gasteiger partial charge in [-0.05, 0) is 25.1 Å². The third-order valence-corrected chi connectivity index (χ3v) is 2.51. The monoisotopic (exact) mass is 187 g/mol. The van der Waals surface area contributed by atoms with Crippen LogP contribution in [0.2, 0.25) is 0 Å². The molecule has 1 heterocycles. The maximum atomic E-state index is 11.5. The molecule has 1 unspecified atom stereocenters. The Balaban J connectivity index is 2.26. The maximum absolute atomic E-state index is 11.5. The fraction of sp³-hybridized carbons (Fsp3) is 0.250. The van der Waals surface area contributed by atoms with E-state index in [0.29, 0.717) is 0 Å². The molecular formula is C12H13NO. The van der Waals surface area contributed by atoms with Crippen LogP contribution in [0.3, 0.4) is 0 Å². The van der Waals surface area contributed by atoms with Gasteiger partial charge in [0, 0.05) is 0 Å². The molecule has 0 saturated heterocycles. The van der Waals surface area contributed by atoms with Crippen LogP contribution in [0, 0.1) is 6.92 Å². The van der Waals surface area contributed by atoms with E-state index < -0.39 is 0 Å². The summed E-state index contributed by atoms with van der Waals surface area (Å²) in [4.78, 5) is 11.5. The molecule has 1 aliphatic rings. The number of carbonyl (C=O) groups is 1. The van der Waals surface area contributed by atoms with Crippen LogP contribution in [0.15, 0.2) is 36.5 Å². The van der Waals surface area contributed by atoms with Gasteiger partial charge in [0.05, 0.1) is 5.92 Å². The molecule has 2 rings (SSSR count). The summed E-state index contributed by atoms with van der Waals surface area (Å²) in [5, 5.41) is 2.73. The highest BCUT2D eigenvalue weighted by Crippen LogP contribution is 2.22. The zero-order chi connectivity index (χ0) is 9.97. The van der Waals surface area contributed by atoms with Crippen LogP contribution in [-0.2, 0) is 4.79 Å². The summed E-state index contributed by atoms with van der Waals surface area (Å²) in [5.74, 6) is 0.0805. The van der Waals surface area contributed by atoms with Gasteiger partial charge in [0.2, 0.25) is 5.91 Å². The van der Waals surface area contributed by atoms with Crippen LogP contribution in [0.4, 0.5) is 0 Å². The molecule has 14 heavy (non-hydrogen) atoms. The van der Waals surface area contributed by atoms with Gasteiger partial charge in [0.15, 0.2) is 0 Å². The lowest BCUT2D eigenvalue weighted by Crippen LogP contribution is -2.27. The zero-order valence-electron chi connectivity index (χ0n) is 8.16. The smallest absolute Gasteiger partial charge is 0.231 e. The van der Waals surface area contributed by atoms with Gasteiger partial charge in [0.25, 0.3) is 0 Å². The van der Waals surface area contributed by atoms with Gasteiger partial charge in [-0.15, -0.1) is 0 Å². The van der Waals surface area contributed by atoms with E-state index in [2.05, 4.69) is 5.32 Å². The summed E-state index contributed by atoms with van der Waals surface area (Å²) >= 11 is 0. The summed E-state index contributed by atoms with van der Waals surface area (Å²) in [6, 6.07) is 8.14. The minimum Gasteiger partial charge on any atom is -0.332 e. The number of allylic oxidation sites excluding steroid dienone is 1. The Morgan fingerprint density at radius 1 is 1.29 bits per heavy atom. The van der Waals surface area contributed by atoms with E-state index in [4.69, 9.17) is 0 Å². The average molecular weight is 187 g/mol. The Morgan fingerprint density at radius 2 is 2.00 bits per heavy atom. The highest BCUT2D eigenvalue weighted by atomic mass is 16.1. The third kappa shape index (κ3) is 1.69. The van der Waals surface area contributed by atoms with Crippen molar-refractivity contribution in [3.63, 3.8) is 0 Å². The van der Waals surface area contributed by atoms with Gasteiger partial charge in [0.1, 0.15) is 0 Å². The second-order valence-electron chi connectivity index (χ2n) is 3.61. The number of aryl methyl sites for hydroxylation is 1. The van der Waals surface area contributed by atoms with Gasteiger partial charge >= 0.3 is 0 Å². The Bertz CT molecular complexity index is 364. The number of nitrogens with one attached hydrogen (secondary N) is 1. The Labute approximate surface area is 83.6 Å². The lowest BCUT2D eigenvalue weighted by Gasteiger charge is -2.17.